The van der Waals surface area contributed by atoms with E-state index in [1.807, 2.05) is 0 Å². The molecule has 1 atom stereocenters. The molecule has 0 radical (unpaired) electrons. The second-order valence-electron chi connectivity index (χ2n) is 6.33. The van der Waals surface area contributed by atoms with Crippen LogP contribution in [0.1, 0.15) is 58.6 Å². The molecule has 0 spiro atoms. The Kier molecular flexibility index (Phi) is 3.48. The SMILES string of the molecule is CC1CCc2onc(C(=O)Nc3nc4c(s3)CCCC4)c2C1. The lowest BCUT2D eigenvalue weighted by atomic mass is 9.88. The van der Waals surface area contributed by atoms with Crippen LogP contribution in [0.15, 0.2) is 4.52 Å². The Hall–Kier alpha value is -1.69. The van der Waals surface area contributed by atoms with E-state index in [1.165, 1.54) is 17.7 Å². The molecule has 1 N–H and O–H groups in total. The molecule has 0 aliphatic heterocycles. The molecule has 2 aromatic heterocycles. The van der Waals surface area contributed by atoms with E-state index in [0.717, 1.165) is 49.1 Å². The van der Waals surface area contributed by atoms with Crippen LogP contribution in [0.3, 0.4) is 0 Å². The van der Waals surface area contributed by atoms with Crippen molar-refractivity contribution in [1.82, 2.24) is 10.1 Å². The van der Waals surface area contributed by atoms with Crippen LogP contribution >= 0.6 is 11.3 Å². The standard InChI is InChI=1S/C16H19N3O2S/c1-9-6-7-12-10(8-9)14(19-21-12)15(20)18-16-17-11-4-2-3-5-13(11)22-16/h9H,2-8H2,1H3,(H,17,18,20). The Morgan fingerprint density at radius 2 is 2.18 bits per heavy atom. The Morgan fingerprint density at radius 1 is 1.32 bits per heavy atom. The first-order valence-corrected chi connectivity index (χ1v) is 8.79. The fraction of sp³-hybridized carbons (Fsp3) is 0.562. The minimum absolute atomic E-state index is 0.190. The average Bonchev–Trinajstić information content (AvgIpc) is 3.09. The summed E-state index contributed by atoms with van der Waals surface area (Å²) in [6.45, 7) is 2.20. The number of carbonyl (C=O) groups excluding carboxylic acids is 1. The minimum atomic E-state index is -0.190. The van der Waals surface area contributed by atoms with Crippen molar-refractivity contribution in [3.8, 4) is 0 Å². The first kappa shape index (κ1) is 13.9. The molecule has 4 rings (SSSR count). The first-order chi connectivity index (χ1) is 10.7. The van der Waals surface area contributed by atoms with Gasteiger partial charge in [-0.05, 0) is 44.4 Å². The molecule has 0 saturated carbocycles. The molecule has 0 saturated heterocycles. The number of rotatable bonds is 2. The average molecular weight is 317 g/mol. The zero-order valence-corrected chi connectivity index (χ0v) is 13.5. The molecule has 6 heteroatoms. The fourth-order valence-corrected chi connectivity index (χ4v) is 4.36. The van der Waals surface area contributed by atoms with Gasteiger partial charge in [-0.1, -0.05) is 12.1 Å². The van der Waals surface area contributed by atoms with Gasteiger partial charge < -0.3 is 4.52 Å². The van der Waals surface area contributed by atoms with Crippen molar-refractivity contribution in [3.05, 3.63) is 27.6 Å². The zero-order valence-electron chi connectivity index (χ0n) is 12.6. The second kappa shape index (κ2) is 5.50. The fourth-order valence-electron chi connectivity index (χ4n) is 3.32. The van der Waals surface area contributed by atoms with Crippen molar-refractivity contribution in [3.63, 3.8) is 0 Å². The highest BCUT2D eigenvalue weighted by molar-refractivity contribution is 7.15. The highest BCUT2D eigenvalue weighted by atomic mass is 32.1. The molecular formula is C16H19N3O2S. The lowest BCUT2D eigenvalue weighted by Crippen LogP contribution is -2.17. The van der Waals surface area contributed by atoms with Crippen LogP contribution in [-0.4, -0.2) is 16.0 Å². The van der Waals surface area contributed by atoms with Crippen LogP contribution in [-0.2, 0) is 25.7 Å². The third-order valence-electron chi connectivity index (χ3n) is 4.57. The number of fused-ring (bicyclic) bond motifs is 2. The van der Waals surface area contributed by atoms with Gasteiger partial charge in [0, 0.05) is 16.9 Å². The van der Waals surface area contributed by atoms with Gasteiger partial charge in [-0.15, -0.1) is 11.3 Å². The summed E-state index contributed by atoms with van der Waals surface area (Å²) in [6, 6.07) is 0. The van der Waals surface area contributed by atoms with Crippen LogP contribution in [0.5, 0.6) is 0 Å². The summed E-state index contributed by atoms with van der Waals surface area (Å²) in [6.07, 6.45) is 7.37. The monoisotopic (exact) mass is 317 g/mol. The molecule has 2 heterocycles. The number of thiazole rings is 1. The lowest BCUT2D eigenvalue weighted by molar-refractivity contribution is 0.101. The van der Waals surface area contributed by atoms with E-state index in [-0.39, 0.29) is 5.91 Å². The van der Waals surface area contributed by atoms with Crippen LogP contribution in [0.25, 0.3) is 0 Å². The van der Waals surface area contributed by atoms with E-state index in [9.17, 15) is 4.79 Å². The Morgan fingerprint density at radius 3 is 3.05 bits per heavy atom. The molecule has 5 nitrogen and oxygen atoms in total. The van der Waals surface area contributed by atoms with Crippen LogP contribution < -0.4 is 5.32 Å². The molecule has 0 aromatic carbocycles. The predicted octanol–water partition coefficient (Wildman–Crippen LogP) is 3.39. The largest absolute Gasteiger partial charge is 0.360 e. The van der Waals surface area contributed by atoms with Gasteiger partial charge in [-0.25, -0.2) is 4.98 Å². The van der Waals surface area contributed by atoms with Crippen LogP contribution in [0.4, 0.5) is 5.13 Å². The number of carbonyl (C=O) groups is 1. The van der Waals surface area contributed by atoms with E-state index < -0.39 is 0 Å². The number of anilines is 1. The molecule has 1 amide bonds. The van der Waals surface area contributed by atoms with Gasteiger partial charge in [0.2, 0.25) is 0 Å². The van der Waals surface area contributed by atoms with Crippen molar-refractivity contribution in [2.75, 3.05) is 5.32 Å². The van der Waals surface area contributed by atoms with E-state index in [1.54, 1.807) is 11.3 Å². The number of hydrogen-bond donors (Lipinski definition) is 1. The summed E-state index contributed by atoms with van der Waals surface area (Å²) < 4.78 is 5.35. The summed E-state index contributed by atoms with van der Waals surface area (Å²) in [5, 5.41) is 7.60. The Balaban J connectivity index is 1.55. The summed E-state index contributed by atoms with van der Waals surface area (Å²) in [5.41, 5.74) is 2.58. The highest BCUT2D eigenvalue weighted by Gasteiger charge is 2.27. The normalized spacial score (nSPS) is 20.3. The van der Waals surface area contributed by atoms with Crippen molar-refractivity contribution in [2.45, 2.75) is 51.9 Å². The molecule has 0 bridgehead atoms. The second-order valence-corrected chi connectivity index (χ2v) is 7.41. The molecule has 22 heavy (non-hydrogen) atoms. The molecule has 2 aromatic rings. The van der Waals surface area contributed by atoms with E-state index in [2.05, 4.69) is 22.4 Å². The summed E-state index contributed by atoms with van der Waals surface area (Å²) in [5.74, 6) is 1.26. The topological polar surface area (TPSA) is 68.0 Å². The maximum atomic E-state index is 12.5. The van der Waals surface area contributed by atoms with Crippen molar-refractivity contribution < 1.29 is 9.32 Å². The van der Waals surface area contributed by atoms with Crippen molar-refractivity contribution in [1.29, 1.82) is 0 Å². The van der Waals surface area contributed by atoms with Gasteiger partial charge in [0.05, 0.1) is 5.69 Å². The van der Waals surface area contributed by atoms with Gasteiger partial charge in [0.1, 0.15) is 5.76 Å². The van der Waals surface area contributed by atoms with Gasteiger partial charge >= 0.3 is 0 Å². The number of hydrogen-bond acceptors (Lipinski definition) is 5. The molecular weight excluding hydrogens is 298 g/mol. The third kappa shape index (κ3) is 2.45. The van der Waals surface area contributed by atoms with E-state index in [4.69, 9.17) is 4.52 Å². The number of nitrogens with one attached hydrogen (secondary N) is 1. The quantitative estimate of drug-likeness (QED) is 0.922. The van der Waals surface area contributed by atoms with E-state index >= 15 is 0 Å². The molecule has 1 unspecified atom stereocenters. The molecule has 2 aliphatic carbocycles. The molecule has 0 fully saturated rings. The van der Waals surface area contributed by atoms with Crippen LogP contribution in [0, 0.1) is 5.92 Å². The predicted molar refractivity (Wildman–Crippen MR) is 84.4 cm³/mol. The number of amides is 1. The van der Waals surface area contributed by atoms with Gasteiger partial charge in [-0.2, -0.15) is 0 Å². The first-order valence-electron chi connectivity index (χ1n) is 7.98. The summed E-state index contributed by atoms with van der Waals surface area (Å²) in [4.78, 5) is 18.4. The smallest absolute Gasteiger partial charge is 0.279 e. The van der Waals surface area contributed by atoms with Gasteiger partial charge in [0.25, 0.3) is 5.91 Å². The zero-order chi connectivity index (χ0) is 15.1. The number of aromatic nitrogens is 2. The van der Waals surface area contributed by atoms with Crippen molar-refractivity contribution in [2.24, 2.45) is 5.92 Å². The summed E-state index contributed by atoms with van der Waals surface area (Å²) >= 11 is 1.60. The number of aryl methyl sites for hydroxylation is 3. The lowest BCUT2D eigenvalue weighted by Gasteiger charge is -2.16. The molecule has 2 aliphatic rings. The third-order valence-corrected chi connectivity index (χ3v) is 5.64. The minimum Gasteiger partial charge on any atom is -0.360 e. The number of nitrogens with zero attached hydrogens (tertiary/aromatic N) is 2. The van der Waals surface area contributed by atoms with Gasteiger partial charge in [0.15, 0.2) is 10.8 Å². The van der Waals surface area contributed by atoms with Gasteiger partial charge in [-0.3, -0.25) is 10.1 Å². The highest BCUT2D eigenvalue weighted by Crippen LogP contribution is 2.31. The Bertz CT molecular complexity index is 696. The Labute approximate surface area is 133 Å². The summed E-state index contributed by atoms with van der Waals surface area (Å²) in [7, 11) is 0. The maximum absolute atomic E-state index is 12.5. The maximum Gasteiger partial charge on any atom is 0.279 e. The van der Waals surface area contributed by atoms with Crippen LogP contribution in [0.2, 0.25) is 0 Å². The van der Waals surface area contributed by atoms with E-state index in [0.29, 0.717) is 16.7 Å². The van der Waals surface area contributed by atoms with Crippen molar-refractivity contribution >= 4 is 22.4 Å². The molecule has 116 valence electrons.